The molecule has 0 aliphatic heterocycles. The molecule has 3 aromatic rings. The van der Waals surface area contributed by atoms with Gasteiger partial charge in [0.1, 0.15) is 0 Å². The first kappa shape index (κ1) is 21.3. The lowest BCUT2D eigenvalue weighted by Gasteiger charge is -2.07. The van der Waals surface area contributed by atoms with Gasteiger partial charge in [0.15, 0.2) is 6.61 Å². The molecule has 30 heavy (non-hydrogen) atoms. The van der Waals surface area contributed by atoms with E-state index in [1.165, 1.54) is 0 Å². The highest BCUT2D eigenvalue weighted by Crippen LogP contribution is 2.20. The maximum atomic E-state index is 12.0. The lowest BCUT2D eigenvalue weighted by Crippen LogP contribution is -2.20. The van der Waals surface area contributed by atoms with Crippen molar-refractivity contribution in [3.8, 4) is 0 Å². The molecule has 1 amide bonds. The SMILES string of the molecule is O=C(COC(=O)CCSc1ccccc1)Nc1ccc(N=Nc2ccccc2)cc1. The average molecular weight is 420 g/mol. The van der Waals surface area contributed by atoms with Crippen molar-refractivity contribution >= 4 is 40.7 Å². The summed E-state index contributed by atoms with van der Waals surface area (Å²) in [5, 5.41) is 11.0. The Labute approximate surface area is 179 Å². The number of nitrogens with zero attached hydrogens (tertiary/aromatic N) is 2. The highest BCUT2D eigenvalue weighted by Gasteiger charge is 2.08. The number of esters is 1. The third kappa shape index (κ3) is 7.52. The number of amides is 1. The predicted molar refractivity (Wildman–Crippen MR) is 118 cm³/mol. The molecule has 6 nitrogen and oxygen atoms in total. The first-order chi connectivity index (χ1) is 14.7. The van der Waals surface area contributed by atoms with E-state index in [9.17, 15) is 9.59 Å². The van der Waals surface area contributed by atoms with Gasteiger partial charge in [0, 0.05) is 16.3 Å². The molecular weight excluding hydrogens is 398 g/mol. The van der Waals surface area contributed by atoms with Crippen LogP contribution in [0.1, 0.15) is 6.42 Å². The second-order valence-corrected chi connectivity index (χ2v) is 7.37. The van der Waals surface area contributed by atoms with Crippen LogP contribution in [0.15, 0.2) is 100 Å². The Morgan fingerprint density at radius 3 is 2.07 bits per heavy atom. The summed E-state index contributed by atoms with van der Waals surface area (Å²) in [5.41, 5.74) is 2.02. The summed E-state index contributed by atoms with van der Waals surface area (Å²) in [4.78, 5) is 24.9. The topological polar surface area (TPSA) is 80.1 Å². The summed E-state index contributed by atoms with van der Waals surface area (Å²) in [5.74, 6) is -0.188. The van der Waals surface area contributed by atoms with Crippen LogP contribution >= 0.6 is 11.8 Å². The quantitative estimate of drug-likeness (QED) is 0.271. The van der Waals surface area contributed by atoms with Crippen LogP contribution in [-0.2, 0) is 14.3 Å². The Hall–Kier alpha value is -3.45. The summed E-state index contributed by atoms with van der Waals surface area (Å²) in [6.45, 7) is -0.315. The van der Waals surface area contributed by atoms with Crippen molar-refractivity contribution in [3.63, 3.8) is 0 Å². The number of rotatable bonds is 9. The minimum Gasteiger partial charge on any atom is -0.456 e. The van der Waals surface area contributed by atoms with Gasteiger partial charge in [0.05, 0.1) is 17.8 Å². The van der Waals surface area contributed by atoms with Crippen molar-refractivity contribution < 1.29 is 14.3 Å². The lowest BCUT2D eigenvalue weighted by atomic mass is 10.3. The maximum Gasteiger partial charge on any atom is 0.307 e. The van der Waals surface area contributed by atoms with Gasteiger partial charge < -0.3 is 10.1 Å². The van der Waals surface area contributed by atoms with Gasteiger partial charge in [-0.25, -0.2) is 0 Å². The number of nitrogens with one attached hydrogen (secondary N) is 1. The Bertz CT molecular complexity index is 978. The van der Waals surface area contributed by atoms with Crippen molar-refractivity contribution in [1.29, 1.82) is 0 Å². The predicted octanol–water partition coefficient (Wildman–Crippen LogP) is 5.77. The van der Waals surface area contributed by atoms with Crippen molar-refractivity contribution in [2.24, 2.45) is 10.2 Å². The lowest BCUT2D eigenvalue weighted by molar-refractivity contribution is -0.146. The first-order valence-corrected chi connectivity index (χ1v) is 10.4. The first-order valence-electron chi connectivity index (χ1n) is 9.39. The summed E-state index contributed by atoms with van der Waals surface area (Å²) in [7, 11) is 0. The minimum atomic E-state index is -0.398. The Morgan fingerprint density at radius 1 is 0.800 bits per heavy atom. The number of thioether (sulfide) groups is 1. The Morgan fingerprint density at radius 2 is 1.40 bits per heavy atom. The van der Waals surface area contributed by atoms with E-state index in [0.717, 1.165) is 10.6 Å². The normalized spacial score (nSPS) is 10.7. The zero-order chi connectivity index (χ0) is 21.0. The van der Waals surface area contributed by atoms with Crippen LogP contribution in [0, 0.1) is 0 Å². The van der Waals surface area contributed by atoms with Crippen molar-refractivity contribution in [1.82, 2.24) is 0 Å². The van der Waals surface area contributed by atoms with Gasteiger partial charge in [-0.3, -0.25) is 9.59 Å². The van der Waals surface area contributed by atoms with Gasteiger partial charge in [-0.1, -0.05) is 36.4 Å². The molecule has 0 aliphatic carbocycles. The van der Waals surface area contributed by atoms with Gasteiger partial charge in [-0.15, -0.1) is 11.8 Å². The van der Waals surface area contributed by atoms with Gasteiger partial charge in [0.25, 0.3) is 5.91 Å². The van der Waals surface area contributed by atoms with E-state index in [-0.39, 0.29) is 13.0 Å². The molecule has 3 aromatic carbocycles. The van der Waals surface area contributed by atoms with E-state index >= 15 is 0 Å². The van der Waals surface area contributed by atoms with Gasteiger partial charge in [0.2, 0.25) is 0 Å². The molecule has 0 saturated carbocycles. The number of ether oxygens (including phenoxy) is 1. The van der Waals surface area contributed by atoms with Gasteiger partial charge in [-0.2, -0.15) is 10.2 Å². The average Bonchev–Trinajstić information content (AvgIpc) is 2.79. The fourth-order valence-corrected chi connectivity index (χ4v) is 3.26. The van der Waals surface area contributed by atoms with E-state index in [4.69, 9.17) is 4.74 Å². The third-order valence-corrected chi connectivity index (χ3v) is 4.88. The van der Waals surface area contributed by atoms with E-state index in [1.807, 2.05) is 60.7 Å². The summed E-state index contributed by atoms with van der Waals surface area (Å²) < 4.78 is 5.03. The molecule has 0 heterocycles. The molecule has 0 bridgehead atoms. The number of azo groups is 1. The van der Waals surface area contributed by atoms with Crippen LogP contribution in [0.5, 0.6) is 0 Å². The van der Waals surface area contributed by atoms with Gasteiger partial charge >= 0.3 is 5.97 Å². The molecule has 0 atom stereocenters. The molecule has 0 aromatic heterocycles. The summed E-state index contributed by atoms with van der Waals surface area (Å²) >= 11 is 1.57. The maximum absolute atomic E-state index is 12.0. The van der Waals surface area contributed by atoms with Crippen LogP contribution in [0.25, 0.3) is 0 Å². The number of benzene rings is 3. The Kier molecular flexibility index (Phi) is 8.17. The largest absolute Gasteiger partial charge is 0.456 e. The molecule has 0 saturated heterocycles. The fourth-order valence-electron chi connectivity index (χ4n) is 2.41. The van der Waals surface area contributed by atoms with E-state index in [0.29, 0.717) is 17.1 Å². The van der Waals surface area contributed by atoms with Crippen molar-refractivity contribution in [3.05, 3.63) is 84.9 Å². The Balaban J connectivity index is 1.37. The molecule has 0 radical (unpaired) electrons. The van der Waals surface area contributed by atoms with E-state index in [2.05, 4.69) is 15.5 Å². The molecule has 0 fully saturated rings. The zero-order valence-electron chi connectivity index (χ0n) is 16.2. The third-order valence-electron chi connectivity index (χ3n) is 3.87. The monoisotopic (exact) mass is 419 g/mol. The molecule has 7 heteroatoms. The standard InChI is InChI=1S/C23H21N3O3S/c27-22(17-29-23(28)15-16-30-21-9-5-2-6-10-21)24-18-11-13-20(14-12-18)26-25-19-7-3-1-4-8-19/h1-14H,15-17H2,(H,24,27). The van der Waals surface area contributed by atoms with E-state index in [1.54, 1.807) is 36.0 Å². The molecule has 1 N–H and O–H groups in total. The van der Waals surface area contributed by atoms with Crippen LogP contribution in [0.3, 0.4) is 0 Å². The van der Waals surface area contributed by atoms with E-state index < -0.39 is 11.9 Å². The highest BCUT2D eigenvalue weighted by molar-refractivity contribution is 7.99. The van der Waals surface area contributed by atoms with Crippen LogP contribution in [-0.4, -0.2) is 24.2 Å². The van der Waals surface area contributed by atoms with Gasteiger partial charge in [-0.05, 0) is 48.5 Å². The van der Waals surface area contributed by atoms with Crippen LogP contribution in [0.2, 0.25) is 0 Å². The van der Waals surface area contributed by atoms with Crippen molar-refractivity contribution in [2.45, 2.75) is 11.3 Å². The smallest absolute Gasteiger partial charge is 0.307 e. The minimum absolute atomic E-state index is 0.244. The molecular formula is C23H21N3O3S. The number of anilines is 1. The van der Waals surface area contributed by atoms with Crippen LogP contribution in [0.4, 0.5) is 17.1 Å². The van der Waals surface area contributed by atoms with Crippen molar-refractivity contribution in [2.75, 3.05) is 17.7 Å². The molecule has 0 unspecified atom stereocenters. The number of hydrogen-bond donors (Lipinski definition) is 1. The van der Waals surface area contributed by atoms with Crippen LogP contribution < -0.4 is 5.32 Å². The number of carbonyl (C=O) groups is 2. The number of hydrogen-bond acceptors (Lipinski definition) is 6. The second-order valence-electron chi connectivity index (χ2n) is 6.20. The fraction of sp³-hybridized carbons (Fsp3) is 0.130. The highest BCUT2D eigenvalue weighted by atomic mass is 32.2. The molecule has 152 valence electrons. The molecule has 0 spiro atoms. The second kappa shape index (κ2) is 11.5. The molecule has 0 aliphatic rings. The summed E-state index contributed by atoms with van der Waals surface area (Å²) in [6.07, 6.45) is 0.244. The summed E-state index contributed by atoms with van der Waals surface area (Å²) in [6, 6.07) is 26.2. The number of carbonyl (C=O) groups excluding carboxylic acids is 2. The zero-order valence-corrected chi connectivity index (χ0v) is 17.0. The molecule has 3 rings (SSSR count).